The highest BCUT2D eigenvalue weighted by Gasteiger charge is 2.34. The molecular formula is C18H27N3O2. The maximum atomic E-state index is 12.6. The molecule has 1 atom stereocenters. The van der Waals surface area contributed by atoms with Gasteiger partial charge in [0.05, 0.1) is 5.41 Å². The Hall–Kier alpha value is -1.88. The third-order valence-electron chi connectivity index (χ3n) is 4.56. The fourth-order valence-corrected chi connectivity index (χ4v) is 2.96. The lowest BCUT2D eigenvalue weighted by molar-refractivity contribution is -0.125. The van der Waals surface area contributed by atoms with Crippen molar-refractivity contribution in [2.75, 3.05) is 31.5 Å². The van der Waals surface area contributed by atoms with Gasteiger partial charge >= 0.3 is 0 Å². The van der Waals surface area contributed by atoms with E-state index in [1.807, 2.05) is 32.9 Å². The molecule has 1 saturated heterocycles. The molecule has 2 rings (SSSR count). The molecule has 126 valence electrons. The van der Waals surface area contributed by atoms with Gasteiger partial charge in [-0.2, -0.15) is 0 Å². The van der Waals surface area contributed by atoms with Crippen LogP contribution in [0.15, 0.2) is 24.3 Å². The van der Waals surface area contributed by atoms with E-state index < -0.39 is 5.41 Å². The third-order valence-corrected chi connectivity index (χ3v) is 4.56. The molecule has 5 nitrogen and oxygen atoms in total. The molecule has 2 amide bonds. The van der Waals surface area contributed by atoms with Gasteiger partial charge in [0.1, 0.15) is 0 Å². The molecule has 2 N–H and O–H groups in total. The molecule has 0 aliphatic carbocycles. The maximum absolute atomic E-state index is 12.6. The van der Waals surface area contributed by atoms with Crippen molar-refractivity contribution < 1.29 is 9.59 Å². The minimum Gasteiger partial charge on any atom is -0.339 e. The van der Waals surface area contributed by atoms with Gasteiger partial charge in [-0.1, -0.05) is 6.07 Å². The number of hydrogen-bond acceptors (Lipinski definition) is 3. The predicted molar refractivity (Wildman–Crippen MR) is 92.5 cm³/mol. The van der Waals surface area contributed by atoms with Crippen LogP contribution in [0.25, 0.3) is 0 Å². The van der Waals surface area contributed by atoms with E-state index in [4.69, 9.17) is 0 Å². The largest absolute Gasteiger partial charge is 0.339 e. The maximum Gasteiger partial charge on any atom is 0.253 e. The highest BCUT2D eigenvalue weighted by molar-refractivity contribution is 5.98. The van der Waals surface area contributed by atoms with Gasteiger partial charge < -0.3 is 15.5 Å². The van der Waals surface area contributed by atoms with Crippen LogP contribution in [0.3, 0.4) is 0 Å². The number of amides is 2. The molecule has 1 aromatic rings. The molecule has 1 unspecified atom stereocenters. The number of rotatable bonds is 5. The van der Waals surface area contributed by atoms with Crippen molar-refractivity contribution in [3.8, 4) is 0 Å². The van der Waals surface area contributed by atoms with Crippen LogP contribution in [0.1, 0.15) is 44.0 Å². The number of carbonyl (C=O) groups is 2. The van der Waals surface area contributed by atoms with Gasteiger partial charge in [0.2, 0.25) is 5.91 Å². The Morgan fingerprint density at radius 1 is 1.30 bits per heavy atom. The number of nitrogens with zero attached hydrogens (tertiary/aromatic N) is 1. The summed E-state index contributed by atoms with van der Waals surface area (Å²) in [6.45, 7) is 8.92. The number of piperidine rings is 1. The van der Waals surface area contributed by atoms with Crippen LogP contribution in [-0.2, 0) is 4.79 Å². The zero-order chi connectivity index (χ0) is 16.9. The summed E-state index contributed by atoms with van der Waals surface area (Å²) < 4.78 is 0. The van der Waals surface area contributed by atoms with E-state index in [2.05, 4.69) is 10.6 Å². The fourth-order valence-electron chi connectivity index (χ4n) is 2.96. The molecule has 0 bridgehead atoms. The number of hydrogen-bond donors (Lipinski definition) is 2. The second-order valence-electron chi connectivity index (χ2n) is 6.35. The van der Waals surface area contributed by atoms with Gasteiger partial charge in [-0.3, -0.25) is 9.59 Å². The van der Waals surface area contributed by atoms with E-state index in [0.717, 1.165) is 19.4 Å². The summed E-state index contributed by atoms with van der Waals surface area (Å²) in [6.07, 6.45) is 1.88. The van der Waals surface area contributed by atoms with Gasteiger partial charge in [0.25, 0.3) is 5.91 Å². The summed E-state index contributed by atoms with van der Waals surface area (Å²) in [6, 6.07) is 7.20. The molecule has 1 aliphatic rings. The number of anilines is 1. The molecule has 0 aromatic heterocycles. The molecule has 1 fully saturated rings. The lowest BCUT2D eigenvalue weighted by atomic mass is 9.82. The SMILES string of the molecule is CCN(CC)C(=O)c1cccc(NC(=O)C2(C)CCCNC2)c1. The molecule has 23 heavy (non-hydrogen) atoms. The van der Waals surface area contributed by atoms with Gasteiger partial charge in [0.15, 0.2) is 0 Å². The van der Waals surface area contributed by atoms with Gasteiger partial charge in [-0.15, -0.1) is 0 Å². The first-order valence-electron chi connectivity index (χ1n) is 8.41. The van der Waals surface area contributed by atoms with Crippen molar-refractivity contribution in [1.29, 1.82) is 0 Å². The number of benzene rings is 1. The van der Waals surface area contributed by atoms with E-state index >= 15 is 0 Å². The summed E-state index contributed by atoms with van der Waals surface area (Å²) in [5.74, 6) is 0.00813. The van der Waals surface area contributed by atoms with Crippen molar-refractivity contribution in [2.45, 2.75) is 33.6 Å². The van der Waals surface area contributed by atoms with Crippen LogP contribution in [0.5, 0.6) is 0 Å². The molecule has 0 saturated carbocycles. The van der Waals surface area contributed by atoms with E-state index in [1.165, 1.54) is 0 Å². The smallest absolute Gasteiger partial charge is 0.253 e. The topological polar surface area (TPSA) is 61.4 Å². The average Bonchev–Trinajstić information content (AvgIpc) is 2.56. The quantitative estimate of drug-likeness (QED) is 0.877. The summed E-state index contributed by atoms with van der Waals surface area (Å²) in [5.41, 5.74) is 0.898. The van der Waals surface area contributed by atoms with Crippen molar-refractivity contribution in [1.82, 2.24) is 10.2 Å². The van der Waals surface area contributed by atoms with Crippen LogP contribution in [0, 0.1) is 5.41 Å². The van der Waals surface area contributed by atoms with Gasteiger partial charge in [0, 0.05) is 30.9 Å². The van der Waals surface area contributed by atoms with E-state index in [9.17, 15) is 9.59 Å². The Labute approximate surface area is 138 Å². The first-order valence-corrected chi connectivity index (χ1v) is 8.41. The number of nitrogens with one attached hydrogen (secondary N) is 2. The molecule has 0 spiro atoms. The van der Waals surface area contributed by atoms with Crippen molar-refractivity contribution in [3.05, 3.63) is 29.8 Å². The molecule has 0 radical (unpaired) electrons. The first kappa shape index (κ1) is 17.5. The summed E-state index contributed by atoms with van der Waals surface area (Å²) >= 11 is 0. The Morgan fingerprint density at radius 3 is 2.65 bits per heavy atom. The normalized spacial score (nSPS) is 20.8. The molecule has 1 aromatic carbocycles. The summed E-state index contributed by atoms with van der Waals surface area (Å²) in [5, 5.41) is 6.25. The molecule has 5 heteroatoms. The third kappa shape index (κ3) is 4.10. The molecule has 1 heterocycles. The molecular weight excluding hydrogens is 290 g/mol. The first-order chi connectivity index (χ1) is 11.0. The van der Waals surface area contributed by atoms with Crippen LogP contribution in [0.4, 0.5) is 5.69 Å². The zero-order valence-corrected chi connectivity index (χ0v) is 14.3. The Bertz CT molecular complexity index is 561. The predicted octanol–water partition coefficient (Wildman–Crippen LogP) is 2.50. The standard InChI is InChI=1S/C18H27N3O2/c1-4-21(5-2)16(22)14-8-6-9-15(12-14)20-17(23)18(3)10-7-11-19-13-18/h6,8-9,12,19H,4-5,7,10-11,13H2,1-3H3,(H,20,23). The second kappa shape index (κ2) is 7.59. The lowest BCUT2D eigenvalue weighted by Gasteiger charge is -2.32. The van der Waals surface area contributed by atoms with Crippen LogP contribution in [-0.4, -0.2) is 42.9 Å². The summed E-state index contributed by atoms with van der Waals surface area (Å²) in [7, 11) is 0. The van der Waals surface area contributed by atoms with Gasteiger partial charge in [-0.25, -0.2) is 0 Å². The van der Waals surface area contributed by atoms with E-state index in [1.54, 1.807) is 17.0 Å². The Kier molecular flexibility index (Phi) is 5.77. The van der Waals surface area contributed by atoms with Gasteiger partial charge in [-0.05, 0) is 58.4 Å². The van der Waals surface area contributed by atoms with Crippen LogP contribution >= 0.6 is 0 Å². The summed E-state index contributed by atoms with van der Waals surface area (Å²) in [4.78, 5) is 26.8. The van der Waals surface area contributed by atoms with E-state index in [-0.39, 0.29) is 11.8 Å². The van der Waals surface area contributed by atoms with E-state index in [0.29, 0.717) is 30.9 Å². The highest BCUT2D eigenvalue weighted by atomic mass is 16.2. The minimum absolute atomic E-state index is 0.00311. The number of carbonyl (C=O) groups excluding carboxylic acids is 2. The Morgan fingerprint density at radius 2 is 2.04 bits per heavy atom. The highest BCUT2D eigenvalue weighted by Crippen LogP contribution is 2.27. The lowest BCUT2D eigenvalue weighted by Crippen LogP contribution is -2.46. The fraction of sp³-hybridized carbons (Fsp3) is 0.556. The van der Waals surface area contributed by atoms with Crippen molar-refractivity contribution in [3.63, 3.8) is 0 Å². The van der Waals surface area contributed by atoms with Crippen LogP contribution < -0.4 is 10.6 Å². The van der Waals surface area contributed by atoms with Crippen molar-refractivity contribution >= 4 is 17.5 Å². The monoisotopic (exact) mass is 317 g/mol. The Balaban J connectivity index is 2.10. The van der Waals surface area contributed by atoms with Crippen molar-refractivity contribution in [2.24, 2.45) is 5.41 Å². The minimum atomic E-state index is -0.392. The molecule has 1 aliphatic heterocycles. The van der Waals surface area contributed by atoms with Crippen LogP contribution in [0.2, 0.25) is 0 Å². The second-order valence-corrected chi connectivity index (χ2v) is 6.35. The average molecular weight is 317 g/mol. The zero-order valence-electron chi connectivity index (χ0n) is 14.3.